The van der Waals surface area contributed by atoms with Crippen molar-refractivity contribution in [1.29, 1.82) is 0 Å². The van der Waals surface area contributed by atoms with Crippen molar-refractivity contribution in [3.63, 3.8) is 0 Å². The Bertz CT molecular complexity index is 1210. The zero-order valence-electron chi connectivity index (χ0n) is 22.6. The standard InChI is InChI=1S/C26H34N4O8/c1-14-15(2)21-17(16(3)20(14)32)7-8-24(4,38-21)23(34)37-18(22(33)36-12-10-26(6)29-30-26)13-19(31)35-11-9-25(5)27-28-25/h18,32H,7-13H2,1-6H3/t18-,24?/m0/s1. The van der Waals surface area contributed by atoms with Crippen LogP contribution in [0.2, 0.25) is 0 Å². The molecule has 2 atom stereocenters. The summed E-state index contributed by atoms with van der Waals surface area (Å²) in [6.07, 6.45) is -0.539. The molecule has 1 unspecified atom stereocenters. The zero-order chi connectivity index (χ0) is 27.9. The lowest BCUT2D eigenvalue weighted by atomic mass is 9.87. The Morgan fingerprint density at radius 1 is 0.921 bits per heavy atom. The predicted molar refractivity (Wildman–Crippen MR) is 132 cm³/mol. The maximum atomic E-state index is 13.4. The number of phenols is 1. The van der Waals surface area contributed by atoms with Gasteiger partial charge in [0.25, 0.3) is 0 Å². The van der Waals surface area contributed by atoms with Crippen molar-refractivity contribution in [2.75, 3.05) is 13.2 Å². The summed E-state index contributed by atoms with van der Waals surface area (Å²) in [4.78, 5) is 38.7. The molecular formula is C26H34N4O8. The quantitative estimate of drug-likeness (QED) is 0.333. The van der Waals surface area contributed by atoms with Crippen LogP contribution in [0.3, 0.4) is 0 Å². The van der Waals surface area contributed by atoms with Gasteiger partial charge in [-0.15, -0.1) is 0 Å². The molecular weight excluding hydrogens is 496 g/mol. The van der Waals surface area contributed by atoms with E-state index >= 15 is 0 Å². The average Bonchev–Trinajstić information content (AvgIpc) is 3.79. The maximum absolute atomic E-state index is 13.4. The number of carbonyl (C=O) groups excluding carboxylic acids is 3. The summed E-state index contributed by atoms with van der Waals surface area (Å²) in [5.41, 5.74) is 0.377. The summed E-state index contributed by atoms with van der Waals surface area (Å²) in [5, 5.41) is 25.9. The van der Waals surface area contributed by atoms with Crippen LogP contribution in [0.4, 0.5) is 0 Å². The van der Waals surface area contributed by atoms with E-state index in [1.807, 2.05) is 6.92 Å². The molecule has 1 aromatic rings. The number of nitrogens with zero attached hydrogens (tertiary/aromatic N) is 4. The first-order chi connectivity index (χ1) is 17.8. The average molecular weight is 531 g/mol. The molecule has 0 radical (unpaired) electrons. The van der Waals surface area contributed by atoms with Crippen LogP contribution in [0, 0.1) is 20.8 Å². The Morgan fingerprint density at radius 3 is 2.08 bits per heavy atom. The highest BCUT2D eigenvalue weighted by Crippen LogP contribution is 2.43. The normalized spacial score (nSPS) is 22.1. The molecule has 0 saturated carbocycles. The number of hydrogen-bond donors (Lipinski definition) is 1. The second-order valence-electron chi connectivity index (χ2n) is 10.7. The van der Waals surface area contributed by atoms with Crippen molar-refractivity contribution < 1.29 is 38.4 Å². The van der Waals surface area contributed by atoms with E-state index in [2.05, 4.69) is 20.5 Å². The van der Waals surface area contributed by atoms with E-state index in [4.69, 9.17) is 18.9 Å². The molecule has 206 valence electrons. The van der Waals surface area contributed by atoms with E-state index in [1.165, 1.54) is 0 Å². The van der Waals surface area contributed by atoms with Crippen LogP contribution < -0.4 is 4.74 Å². The first-order valence-electron chi connectivity index (χ1n) is 12.7. The molecule has 3 heterocycles. The van der Waals surface area contributed by atoms with Crippen molar-refractivity contribution >= 4 is 17.9 Å². The molecule has 0 saturated heterocycles. The molecule has 0 aromatic heterocycles. The number of carbonyl (C=O) groups is 3. The van der Waals surface area contributed by atoms with Crippen molar-refractivity contribution in [1.82, 2.24) is 0 Å². The number of aromatic hydroxyl groups is 1. The van der Waals surface area contributed by atoms with Crippen LogP contribution in [0.1, 0.15) is 68.7 Å². The second-order valence-corrected chi connectivity index (χ2v) is 10.7. The van der Waals surface area contributed by atoms with Gasteiger partial charge in [-0.3, -0.25) is 4.79 Å². The van der Waals surface area contributed by atoms with Crippen LogP contribution in [0.15, 0.2) is 20.5 Å². The van der Waals surface area contributed by atoms with Crippen molar-refractivity contribution in [3.05, 3.63) is 22.3 Å². The number of hydrogen-bond acceptors (Lipinski definition) is 12. The number of benzene rings is 1. The molecule has 3 aliphatic heterocycles. The minimum Gasteiger partial charge on any atom is -0.507 e. The molecule has 12 nitrogen and oxygen atoms in total. The summed E-state index contributed by atoms with van der Waals surface area (Å²) < 4.78 is 22.2. The van der Waals surface area contributed by atoms with Gasteiger partial charge < -0.3 is 24.1 Å². The van der Waals surface area contributed by atoms with E-state index < -0.39 is 47.4 Å². The lowest BCUT2D eigenvalue weighted by Crippen LogP contribution is -2.48. The molecule has 0 aliphatic carbocycles. The highest BCUT2D eigenvalue weighted by molar-refractivity contribution is 5.87. The Balaban J connectivity index is 1.43. The summed E-state index contributed by atoms with van der Waals surface area (Å²) in [7, 11) is 0. The van der Waals surface area contributed by atoms with Crippen LogP contribution in [-0.2, 0) is 35.0 Å². The third-order valence-electron chi connectivity index (χ3n) is 7.36. The minimum atomic E-state index is -1.52. The molecule has 0 spiro atoms. The Labute approximate surface area is 220 Å². The number of esters is 3. The fraction of sp³-hybridized carbons (Fsp3) is 0.654. The third kappa shape index (κ3) is 5.94. The molecule has 4 rings (SSSR count). The Hall–Kier alpha value is -3.57. The van der Waals surface area contributed by atoms with Crippen LogP contribution in [0.25, 0.3) is 0 Å². The van der Waals surface area contributed by atoms with E-state index in [0.29, 0.717) is 41.7 Å². The van der Waals surface area contributed by atoms with Gasteiger partial charge in [0.2, 0.25) is 11.7 Å². The molecule has 1 aromatic carbocycles. The molecule has 0 amide bonds. The number of phenolic OH excluding ortho intramolecular Hbond substituents is 1. The van der Waals surface area contributed by atoms with E-state index in [0.717, 1.165) is 5.56 Å². The van der Waals surface area contributed by atoms with Crippen molar-refractivity contribution in [2.24, 2.45) is 20.5 Å². The summed E-state index contributed by atoms with van der Waals surface area (Å²) in [6, 6.07) is 0. The van der Waals surface area contributed by atoms with Gasteiger partial charge in [-0.05, 0) is 64.7 Å². The molecule has 0 fully saturated rings. The minimum absolute atomic E-state index is 0.00478. The molecule has 38 heavy (non-hydrogen) atoms. The van der Waals surface area contributed by atoms with Gasteiger partial charge in [-0.2, -0.15) is 20.5 Å². The van der Waals surface area contributed by atoms with Gasteiger partial charge in [0.1, 0.15) is 11.5 Å². The summed E-state index contributed by atoms with van der Waals surface area (Å²) >= 11 is 0. The number of ether oxygens (including phenoxy) is 4. The third-order valence-corrected chi connectivity index (χ3v) is 7.36. The van der Waals surface area contributed by atoms with E-state index in [-0.39, 0.29) is 25.4 Å². The number of fused-ring (bicyclic) bond motifs is 1. The first-order valence-corrected chi connectivity index (χ1v) is 12.7. The first kappa shape index (κ1) is 27.5. The van der Waals surface area contributed by atoms with Gasteiger partial charge >= 0.3 is 17.9 Å². The van der Waals surface area contributed by atoms with Crippen LogP contribution in [-0.4, -0.2) is 59.3 Å². The highest BCUT2D eigenvalue weighted by Gasteiger charge is 2.45. The smallest absolute Gasteiger partial charge is 0.351 e. The van der Waals surface area contributed by atoms with Gasteiger partial charge in [-0.1, -0.05) is 0 Å². The van der Waals surface area contributed by atoms with Gasteiger partial charge in [0.05, 0.1) is 19.6 Å². The molecule has 0 bridgehead atoms. The van der Waals surface area contributed by atoms with Crippen LogP contribution >= 0.6 is 0 Å². The Morgan fingerprint density at radius 2 is 1.50 bits per heavy atom. The van der Waals surface area contributed by atoms with Gasteiger partial charge in [0, 0.05) is 24.8 Å². The molecule has 1 N–H and O–H groups in total. The maximum Gasteiger partial charge on any atom is 0.351 e. The summed E-state index contributed by atoms with van der Waals surface area (Å²) in [5.74, 6) is -1.68. The number of rotatable bonds is 11. The summed E-state index contributed by atoms with van der Waals surface area (Å²) in [6.45, 7) is 10.6. The van der Waals surface area contributed by atoms with Gasteiger partial charge in [-0.25, -0.2) is 9.59 Å². The molecule has 12 heteroatoms. The predicted octanol–water partition coefficient (Wildman–Crippen LogP) is 3.93. The molecule has 3 aliphatic rings. The fourth-order valence-corrected chi connectivity index (χ4v) is 4.20. The Kier molecular flexibility index (Phi) is 7.19. The topological polar surface area (TPSA) is 158 Å². The lowest BCUT2D eigenvalue weighted by molar-refractivity contribution is -0.181. The van der Waals surface area contributed by atoms with Crippen molar-refractivity contribution in [3.8, 4) is 11.5 Å². The highest BCUT2D eigenvalue weighted by atomic mass is 16.6. The fourth-order valence-electron chi connectivity index (χ4n) is 4.20. The largest absolute Gasteiger partial charge is 0.507 e. The van der Waals surface area contributed by atoms with E-state index in [9.17, 15) is 19.5 Å². The van der Waals surface area contributed by atoms with Crippen LogP contribution in [0.5, 0.6) is 11.5 Å². The van der Waals surface area contributed by atoms with E-state index in [1.54, 1.807) is 34.6 Å². The SMILES string of the molecule is Cc1c(C)c2c(c(C)c1O)CCC(C)(C(=O)O[C@@H](CC(=O)OCCC1(C)N=N1)C(=O)OCCC1(C)N=N1)O2. The monoisotopic (exact) mass is 530 g/mol. The second kappa shape index (κ2) is 9.95. The lowest BCUT2D eigenvalue weighted by Gasteiger charge is -2.36. The van der Waals surface area contributed by atoms with Crippen molar-refractivity contribution in [2.45, 2.75) is 96.7 Å². The van der Waals surface area contributed by atoms with Gasteiger partial charge in [0.15, 0.2) is 11.3 Å². The zero-order valence-corrected chi connectivity index (χ0v) is 22.6.